The number of hydrogen-bond donors (Lipinski definition) is 3. The molecular weight excluding hydrogens is 311 g/mol. The lowest BCUT2D eigenvalue weighted by molar-refractivity contribution is -0.0197. The molecule has 0 aromatic carbocycles. The number of hydrogen-bond acceptors (Lipinski definition) is 2. The number of urea groups is 1. The minimum atomic E-state index is -1.93. The fourth-order valence-corrected chi connectivity index (χ4v) is 2.80. The van der Waals surface area contributed by atoms with Gasteiger partial charge in [-0.3, -0.25) is 0 Å². The van der Waals surface area contributed by atoms with Crippen LogP contribution in [0.15, 0.2) is 0 Å². The quantitative estimate of drug-likeness (QED) is 0.548. The molecule has 0 bridgehead atoms. The molecule has 0 aromatic heterocycles. The minimum Gasteiger partial charge on any atom is -0.369 e. The Morgan fingerprint density at radius 1 is 1.42 bits per heavy atom. The molecule has 112 valence electrons. The van der Waals surface area contributed by atoms with Gasteiger partial charge in [0.1, 0.15) is 0 Å². The van der Waals surface area contributed by atoms with Gasteiger partial charge < -0.3 is 15.7 Å². The first-order valence-electron chi connectivity index (χ1n) is 6.38. The molecule has 1 rings (SSSR count). The molecule has 7 heteroatoms. The van der Waals surface area contributed by atoms with Crippen molar-refractivity contribution in [3.05, 3.63) is 0 Å². The zero-order valence-corrected chi connectivity index (χ0v) is 13.6. The minimum absolute atomic E-state index is 0.232. The lowest BCUT2D eigenvalue weighted by atomic mass is 9.54. The maximum atomic E-state index is 11.5. The van der Waals surface area contributed by atoms with E-state index in [1.807, 2.05) is 0 Å². The molecule has 1 saturated carbocycles. The Kier molecular flexibility index (Phi) is 5.64. The van der Waals surface area contributed by atoms with Crippen LogP contribution in [-0.2, 0) is 0 Å². The van der Waals surface area contributed by atoms with E-state index in [0.717, 1.165) is 12.8 Å². The molecule has 0 spiro atoms. The average molecular weight is 332 g/mol. The molecule has 3 N–H and O–H groups in total. The summed E-state index contributed by atoms with van der Waals surface area (Å²) in [5.74, 6) is 1.14. The van der Waals surface area contributed by atoms with Gasteiger partial charge in [0, 0.05) is 6.54 Å². The van der Waals surface area contributed by atoms with Crippen molar-refractivity contribution >= 4 is 40.8 Å². The van der Waals surface area contributed by atoms with Crippen molar-refractivity contribution < 1.29 is 9.90 Å². The van der Waals surface area contributed by atoms with E-state index in [0.29, 0.717) is 18.4 Å². The highest BCUT2D eigenvalue weighted by Gasteiger charge is 2.46. The average Bonchev–Trinajstić information content (AvgIpc) is 2.26. The third-order valence-electron chi connectivity index (χ3n) is 4.25. The van der Waals surface area contributed by atoms with Crippen molar-refractivity contribution in [3.8, 4) is 0 Å². The molecule has 19 heavy (non-hydrogen) atoms. The maximum Gasteiger partial charge on any atom is 0.316 e. The topological polar surface area (TPSA) is 61.4 Å². The standard InChI is InChI=1S/C12H21Cl3N2O2/c1-4-7-5-8(11(7,2)3)6-16-10(19)17-9(18)12(13,14)15/h7-9,18H,4-6H2,1-3H3,(H2,16,17,19). The van der Waals surface area contributed by atoms with E-state index in [2.05, 4.69) is 31.4 Å². The third-order valence-corrected chi connectivity index (χ3v) is 4.87. The number of rotatable bonds is 4. The summed E-state index contributed by atoms with van der Waals surface area (Å²) in [4.78, 5) is 11.5. The van der Waals surface area contributed by atoms with E-state index in [1.165, 1.54) is 0 Å². The Hall–Kier alpha value is 0.1000. The third kappa shape index (κ3) is 4.28. The van der Waals surface area contributed by atoms with E-state index in [9.17, 15) is 9.90 Å². The van der Waals surface area contributed by atoms with Crippen LogP contribution in [0.4, 0.5) is 4.79 Å². The molecule has 4 nitrogen and oxygen atoms in total. The summed E-state index contributed by atoms with van der Waals surface area (Å²) in [6, 6.07) is -0.533. The summed E-state index contributed by atoms with van der Waals surface area (Å²) in [6.07, 6.45) is 0.730. The van der Waals surface area contributed by atoms with Crippen molar-refractivity contribution in [2.75, 3.05) is 6.54 Å². The Balaban J connectivity index is 2.33. The van der Waals surface area contributed by atoms with E-state index >= 15 is 0 Å². The van der Waals surface area contributed by atoms with Crippen LogP contribution in [0.2, 0.25) is 0 Å². The van der Waals surface area contributed by atoms with Crippen molar-refractivity contribution in [2.45, 2.75) is 43.6 Å². The highest BCUT2D eigenvalue weighted by molar-refractivity contribution is 6.68. The van der Waals surface area contributed by atoms with Crippen LogP contribution < -0.4 is 10.6 Å². The molecule has 1 aliphatic carbocycles. The Morgan fingerprint density at radius 2 is 2.00 bits per heavy atom. The molecule has 0 aliphatic heterocycles. The normalized spacial score (nSPS) is 27.3. The SMILES string of the molecule is CCC1CC(CNC(=O)NC(O)C(Cl)(Cl)Cl)C1(C)C. The largest absolute Gasteiger partial charge is 0.369 e. The number of carbonyl (C=O) groups is 1. The van der Waals surface area contributed by atoms with Crippen molar-refractivity contribution in [1.82, 2.24) is 10.6 Å². The first-order chi connectivity index (χ1) is 8.59. The summed E-state index contributed by atoms with van der Waals surface area (Å²) in [5.41, 5.74) is 0.232. The van der Waals surface area contributed by atoms with Gasteiger partial charge >= 0.3 is 6.03 Å². The van der Waals surface area contributed by atoms with Gasteiger partial charge in [0.25, 0.3) is 0 Å². The van der Waals surface area contributed by atoms with Crippen molar-refractivity contribution in [1.29, 1.82) is 0 Å². The van der Waals surface area contributed by atoms with Crippen LogP contribution in [0, 0.1) is 17.3 Å². The number of aliphatic hydroxyl groups is 1. The molecule has 0 radical (unpaired) electrons. The molecular formula is C12H21Cl3N2O2. The van der Waals surface area contributed by atoms with Gasteiger partial charge in [-0.05, 0) is 23.7 Å². The monoisotopic (exact) mass is 330 g/mol. The summed E-state index contributed by atoms with van der Waals surface area (Å²) >= 11 is 16.4. The Labute approximate surface area is 129 Å². The maximum absolute atomic E-state index is 11.5. The highest BCUT2D eigenvalue weighted by Crippen LogP contribution is 2.52. The van der Waals surface area contributed by atoms with E-state index in [4.69, 9.17) is 34.8 Å². The number of nitrogens with one attached hydrogen (secondary N) is 2. The predicted molar refractivity (Wildman–Crippen MR) is 78.5 cm³/mol. The molecule has 0 saturated heterocycles. The summed E-state index contributed by atoms with van der Waals surface area (Å²) in [5, 5.41) is 14.3. The fourth-order valence-electron chi connectivity index (χ4n) is 2.64. The van der Waals surface area contributed by atoms with Gasteiger partial charge in [-0.25, -0.2) is 4.79 Å². The van der Waals surface area contributed by atoms with Crippen LogP contribution >= 0.6 is 34.8 Å². The summed E-state index contributed by atoms with van der Waals surface area (Å²) in [6.45, 7) is 7.16. The molecule has 3 atom stereocenters. The Morgan fingerprint density at radius 3 is 2.42 bits per heavy atom. The second kappa shape index (κ2) is 6.25. The van der Waals surface area contributed by atoms with E-state index < -0.39 is 16.1 Å². The van der Waals surface area contributed by atoms with Gasteiger partial charge in [-0.2, -0.15) is 0 Å². The second-order valence-electron chi connectivity index (χ2n) is 5.66. The second-order valence-corrected chi connectivity index (χ2v) is 8.03. The summed E-state index contributed by atoms with van der Waals surface area (Å²) in [7, 11) is 0. The summed E-state index contributed by atoms with van der Waals surface area (Å²) < 4.78 is -1.93. The van der Waals surface area contributed by atoms with Crippen LogP contribution in [0.1, 0.15) is 33.6 Å². The van der Waals surface area contributed by atoms with Gasteiger partial charge in [0.2, 0.25) is 3.79 Å². The lowest BCUT2D eigenvalue weighted by Gasteiger charge is -2.52. The molecule has 0 heterocycles. The first kappa shape index (κ1) is 17.2. The fraction of sp³-hybridized carbons (Fsp3) is 0.917. The first-order valence-corrected chi connectivity index (χ1v) is 7.51. The zero-order chi connectivity index (χ0) is 14.8. The van der Waals surface area contributed by atoms with Crippen molar-refractivity contribution in [3.63, 3.8) is 0 Å². The number of carbonyl (C=O) groups excluding carboxylic acids is 1. The van der Waals surface area contributed by atoms with Gasteiger partial charge in [-0.15, -0.1) is 0 Å². The van der Waals surface area contributed by atoms with Gasteiger partial charge in [-0.1, -0.05) is 62.0 Å². The number of aliphatic hydroxyl groups excluding tert-OH is 1. The number of halogens is 3. The molecule has 1 fully saturated rings. The van der Waals surface area contributed by atoms with Crippen LogP contribution in [-0.4, -0.2) is 27.7 Å². The Bertz CT molecular complexity index is 331. The van der Waals surface area contributed by atoms with E-state index in [-0.39, 0.29) is 5.41 Å². The molecule has 3 unspecified atom stereocenters. The van der Waals surface area contributed by atoms with Crippen molar-refractivity contribution in [2.24, 2.45) is 17.3 Å². The molecule has 2 amide bonds. The molecule has 0 aromatic rings. The van der Waals surface area contributed by atoms with Crippen LogP contribution in [0.3, 0.4) is 0 Å². The zero-order valence-electron chi connectivity index (χ0n) is 11.3. The van der Waals surface area contributed by atoms with Crippen LogP contribution in [0.5, 0.6) is 0 Å². The lowest BCUT2D eigenvalue weighted by Crippen LogP contribution is -2.53. The molecule has 1 aliphatic rings. The number of alkyl halides is 3. The van der Waals surface area contributed by atoms with Crippen LogP contribution in [0.25, 0.3) is 0 Å². The predicted octanol–water partition coefficient (Wildman–Crippen LogP) is 3.05. The van der Waals surface area contributed by atoms with E-state index in [1.54, 1.807) is 0 Å². The van der Waals surface area contributed by atoms with Gasteiger partial charge in [0.05, 0.1) is 0 Å². The van der Waals surface area contributed by atoms with Gasteiger partial charge in [0.15, 0.2) is 6.23 Å². The number of amides is 2. The highest BCUT2D eigenvalue weighted by atomic mass is 35.6. The smallest absolute Gasteiger partial charge is 0.316 e.